The highest BCUT2D eigenvalue weighted by atomic mass is 35.5. The number of nitrogens with zero attached hydrogens (tertiary/aromatic N) is 1. The number of esters is 1. The second-order valence-electron chi connectivity index (χ2n) is 7.18. The van der Waals surface area contributed by atoms with Crippen LogP contribution in [0.3, 0.4) is 0 Å². The van der Waals surface area contributed by atoms with Crippen molar-refractivity contribution >= 4 is 28.5 Å². The molecular formula is C22H23ClN2O4. The van der Waals surface area contributed by atoms with Crippen molar-refractivity contribution in [3.8, 4) is 5.75 Å². The number of fused-ring (bicyclic) bond motifs is 1. The molecule has 0 unspecified atom stereocenters. The maximum Gasteiger partial charge on any atom is 0.344 e. The second-order valence-corrected chi connectivity index (χ2v) is 7.59. The third kappa shape index (κ3) is 4.77. The van der Waals surface area contributed by atoms with Crippen molar-refractivity contribution in [2.24, 2.45) is 0 Å². The molecule has 0 saturated carbocycles. The normalized spacial score (nSPS) is 12.2. The molecule has 0 spiro atoms. The zero-order valence-corrected chi connectivity index (χ0v) is 17.5. The Morgan fingerprint density at radius 2 is 1.93 bits per heavy atom. The fourth-order valence-electron chi connectivity index (χ4n) is 2.97. The topological polar surface area (TPSA) is 81.3 Å². The van der Waals surface area contributed by atoms with Crippen LogP contribution in [0.25, 0.3) is 10.9 Å². The highest BCUT2D eigenvalue weighted by molar-refractivity contribution is 6.31. The van der Waals surface area contributed by atoms with E-state index in [2.05, 4.69) is 9.97 Å². The maximum absolute atomic E-state index is 12.3. The molecule has 1 atom stereocenters. The number of para-hydroxylation sites is 1. The van der Waals surface area contributed by atoms with Gasteiger partial charge in [-0.05, 0) is 55.2 Å². The van der Waals surface area contributed by atoms with Gasteiger partial charge in [-0.15, -0.1) is 0 Å². The number of rotatable bonds is 6. The van der Waals surface area contributed by atoms with Crippen LogP contribution in [0.1, 0.15) is 49.7 Å². The first-order chi connectivity index (χ1) is 13.8. The molecule has 7 heteroatoms. The highest BCUT2D eigenvalue weighted by Crippen LogP contribution is 2.32. The monoisotopic (exact) mass is 414 g/mol. The summed E-state index contributed by atoms with van der Waals surface area (Å²) in [4.78, 5) is 31.5. The first kappa shape index (κ1) is 20.9. The summed E-state index contributed by atoms with van der Waals surface area (Å²) in [6.07, 6.45) is -0.722. The zero-order chi connectivity index (χ0) is 21.1. The van der Waals surface area contributed by atoms with E-state index in [0.717, 1.165) is 11.1 Å². The van der Waals surface area contributed by atoms with Gasteiger partial charge in [0.15, 0.2) is 18.5 Å². The number of benzene rings is 2. The summed E-state index contributed by atoms with van der Waals surface area (Å²) >= 11 is 6.20. The number of carbonyl (C=O) groups excluding carboxylic acids is 1. The van der Waals surface area contributed by atoms with Gasteiger partial charge in [0.2, 0.25) is 0 Å². The number of ether oxygens (including phenoxy) is 2. The highest BCUT2D eigenvalue weighted by Gasteiger charge is 2.17. The van der Waals surface area contributed by atoms with Crippen LogP contribution in [0.15, 0.2) is 41.2 Å². The molecule has 6 nitrogen and oxygen atoms in total. The van der Waals surface area contributed by atoms with Gasteiger partial charge < -0.3 is 14.5 Å². The lowest BCUT2D eigenvalue weighted by atomic mass is 10.0. The van der Waals surface area contributed by atoms with Gasteiger partial charge >= 0.3 is 5.97 Å². The molecule has 0 amide bonds. The summed E-state index contributed by atoms with van der Waals surface area (Å²) in [5.74, 6) is 0.511. The van der Waals surface area contributed by atoms with Gasteiger partial charge in [-0.25, -0.2) is 9.78 Å². The Morgan fingerprint density at radius 1 is 1.21 bits per heavy atom. The Hall–Kier alpha value is -2.86. The van der Waals surface area contributed by atoms with Crippen LogP contribution < -0.4 is 10.3 Å². The van der Waals surface area contributed by atoms with Crippen molar-refractivity contribution in [1.82, 2.24) is 9.97 Å². The van der Waals surface area contributed by atoms with Crippen LogP contribution in [0, 0.1) is 6.92 Å². The number of H-pyrrole nitrogens is 1. The molecule has 1 aromatic heterocycles. The van der Waals surface area contributed by atoms with Crippen LogP contribution in [-0.2, 0) is 9.53 Å². The minimum atomic E-state index is -0.722. The first-order valence-corrected chi connectivity index (χ1v) is 9.75. The van der Waals surface area contributed by atoms with Crippen LogP contribution in [0.2, 0.25) is 5.02 Å². The van der Waals surface area contributed by atoms with E-state index in [1.54, 1.807) is 31.2 Å². The largest absolute Gasteiger partial charge is 0.482 e. The average molecular weight is 415 g/mol. The zero-order valence-electron chi connectivity index (χ0n) is 16.8. The number of nitrogens with one attached hydrogen (secondary N) is 1. The SMILES string of the molecule is Cc1cc(OCC(=O)O[C@@H](C)c2nc3ccccc3c(=O)[nH]2)c(C(C)C)cc1Cl. The number of carbonyl (C=O) groups is 1. The molecule has 0 radical (unpaired) electrons. The summed E-state index contributed by atoms with van der Waals surface area (Å²) in [6.45, 7) is 7.31. The predicted octanol–water partition coefficient (Wildman–Crippen LogP) is 4.69. The van der Waals surface area contributed by atoms with Gasteiger partial charge in [0.25, 0.3) is 5.56 Å². The Morgan fingerprint density at radius 3 is 2.66 bits per heavy atom. The van der Waals surface area contributed by atoms with E-state index in [-0.39, 0.29) is 23.9 Å². The summed E-state index contributed by atoms with van der Waals surface area (Å²) in [7, 11) is 0. The number of aryl methyl sites for hydroxylation is 1. The lowest BCUT2D eigenvalue weighted by Crippen LogP contribution is -2.21. The van der Waals surface area contributed by atoms with E-state index in [1.807, 2.05) is 32.9 Å². The van der Waals surface area contributed by atoms with E-state index in [4.69, 9.17) is 21.1 Å². The third-order valence-electron chi connectivity index (χ3n) is 4.58. The Balaban J connectivity index is 1.70. The summed E-state index contributed by atoms with van der Waals surface area (Å²) in [5.41, 5.74) is 2.05. The molecule has 1 heterocycles. The van der Waals surface area contributed by atoms with Crippen LogP contribution >= 0.6 is 11.6 Å². The number of aromatic amines is 1. The molecule has 29 heavy (non-hydrogen) atoms. The van der Waals surface area contributed by atoms with Crippen molar-refractivity contribution in [2.45, 2.75) is 39.7 Å². The number of hydrogen-bond donors (Lipinski definition) is 1. The molecule has 0 aliphatic rings. The fourth-order valence-corrected chi connectivity index (χ4v) is 3.14. The molecule has 1 N–H and O–H groups in total. The fraction of sp³-hybridized carbons (Fsp3) is 0.318. The second kappa shape index (κ2) is 8.66. The lowest BCUT2D eigenvalue weighted by molar-refractivity contribution is -0.151. The first-order valence-electron chi connectivity index (χ1n) is 9.37. The van der Waals surface area contributed by atoms with Gasteiger partial charge in [-0.3, -0.25) is 4.79 Å². The van der Waals surface area contributed by atoms with Gasteiger partial charge in [0, 0.05) is 5.02 Å². The Kier molecular flexibility index (Phi) is 6.23. The van der Waals surface area contributed by atoms with E-state index < -0.39 is 12.1 Å². The van der Waals surface area contributed by atoms with E-state index in [9.17, 15) is 9.59 Å². The van der Waals surface area contributed by atoms with Crippen LogP contribution in [-0.4, -0.2) is 22.5 Å². The smallest absolute Gasteiger partial charge is 0.344 e. The third-order valence-corrected chi connectivity index (χ3v) is 4.99. The molecule has 0 aliphatic carbocycles. The number of aromatic nitrogens is 2. The Bertz CT molecular complexity index is 1110. The molecule has 0 bridgehead atoms. The van der Waals surface area contributed by atoms with Gasteiger partial charge in [0.05, 0.1) is 10.9 Å². The summed E-state index contributed by atoms with van der Waals surface area (Å²) in [5, 5.41) is 1.14. The molecule has 3 rings (SSSR count). The molecule has 0 saturated heterocycles. The number of halogens is 1. The van der Waals surface area contributed by atoms with Crippen molar-refractivity contribution in [1.29, 1.82) is 0 Å². The molecule has 0 fully saturated rings. The standard InChI is InChI=1S/C22H23ClN2O4/c1-12(2)16-10-17(23)13(3)9-19(16)28-11-20(26)29-14(4)21-24-18-8-6-5-7-15(18)22(27)25-21/h5-10,12,14H,11H2,1-4H3,(H,24,25,27)/t14-/m0/s1. The summed E-state index contributed by atoms with van der Waals surface area (Å²) in [6, 6.07) is 10.7. The van der Waals surface area contributed by atoms with Gasteiger partial charge in [0.1, 0.15) is 5.75 Å². The van der Waals surface area contributed by atoms with Crippen LogP contribution in [0.5, 0.6) is 5.75 Å². The van der Waals surface area contributed by atoms with E-state index in [1.165, 1.54) is 0 Å². The molecule has 0 aliphatic heterocycles. The lowest BCUT2D eigenvalue weighted by Gasteiger charge is -2.17. The van der Waals surface area contributed by atoms with E-state index >= 15 is 0 Å². The van der Waals surface area contributed by atoms with Crippen molar-refractivity contribution in [2.75, 3.05) is 6.61 Å². The quantitative estimate of drug-likeness (QED) is 0.591. The van der Waals surface area contributed by atoms with Crippen molar-refractivity contribution < 1.29 is 14.3 Å². The maximum atomic E-state index is 12.3. The minimum Gasteiger partial charge on any atom is -0.482 e. The van der Waals surface area contributed by atoms with Crippen molar-refractivity contribution in [3.05, 3.63) is 68.7 Å². The van der Waals surface area contributed by atoms with Gasteiger partial charge in [-0.2, -0.15) is 0 Å². The average Bonchev–Trinajstić information content (AvgIpc) is 2.68. The van der Waals surface area contributed by atoms with E-state index in [0.29, 0.717) is 21.7 Å². The summed E-state index contributed by atoms with van der Waals surface area (Å²) < 4.78 is 11.1. The molecule has 3 aromatic rings. The molecule has 152 valence electrons. The Labute approximate surface area is 173 Å². The minimum absolute atomic E-state index is 0.185. The molecular weight excluding hydrogens is 392 g/mol. The van der Waals surface area contributed by atoms with Crippen molar-refractivity contribution in [3.63, 3.8) is 0 Å². The van der Waals surface area contributed by atoms with Gasteiger partial charge in [-0.1, -0.05) is 37.6 Å². The molecule has 2 aromatic carbocycles. The van der Waals surface area contributed by atoms with Crippen LogP contribution in [0.4, 0.5) is 0 Å². The number of hydrogen-bond acceptors (Lipinski definition) is 5. The predicted molar refractivity (Wildman–Crippen MR) is 113 cm³/mol.